The van der Waals surface area contributed by atoms with E-state index in [4.69, 9.17) is 9.72 Å². The highest BCUT2D eigenvalue weighted by atomic mass is 19.4. The predicted octanol–water partition coefficient (Wildman–Crippen LogP) is 4.22. The number of aromatic nitrogens is 3. The first kappa shape index (κ1) is 26.0. The van der Waals surface area contributed by atoms with Crippen molar-refractivity contribution in [1.82, 2.24) is 19.9 Å². The van der Waals surface area contributed by atoms with Crippen LogP contribution in [0.4, 0.5) is 39.5 Å². The van der Waals surface area contributed by atoms with Crippen LogP contribution in [0.5, 0.6) is 0 Å². The summed E-state index contributed by atoms with van der Waals surface area (Å²) in [6, 6.07) is 3.72. The summed E-state index contributed by atoms with van der Waals surface area (Å²) in [4.78, 5) is 27.8. The van der Waals surface area contributed by atoms with Crippen molar-refractivity contribution in [3.63, 3.8) is 0 Å². The average Bonchev–Trinajstić information content (AvgIpc) is 3.32. The molecule has 13 heteroatoms. The molecule has 2 saturated heterocycles. The summed E-state index contributed by atoms with van der Waals surface area (Å²) in [5, 5.41) is 2.71. The normalized spacial score (nSPS) is 19.2. The Morgan fingerprint density at radius 2 is 1.94 bits per heavy atom. The molecule has 0 aromatic carbocycles. The Balaban J connectivity index is 1.65. The molecule has 2 aromatic heterocycles. The van der Waals surface area contributed by atoms with Gasteiger partial charge in [0, 0.05) is 44.9 Å². The molecule has 0 spiro atoms. The molecule has 2 aliphatic rings. The minimum Gasteiger partial charge on any atom is -0.383 e. The number of hydrogen-bond donors (Lipinski definition) is 1. The van der Waals surface area contributed by atoms with Crippen LogP contribution in [-0.2, 0) is 15.7 Å². The van der Waals surface area contributed by atoms with Gasteiger partial charge >= 0.3 is 12.6 Å². The predicted molar refractivity (Wildman–Crippen MR) is 121 cm³/mol. The molecular weight excluding hydrogens is 487 g/mol. The van der Waals surface area contributed by atoms with Gasteiger partial charge in [-0.1, -0.05) is 0 Å². The van der Waals surface area contributed by atoms with Gasteiger partial charge in [0.25, 0.3) is 5.91 Å². The highest BCUT2D eigenvalue weighted by Crippen LogP contribution is 2.36. The number of halogens is 5. The first-order valence-corrected chi connectivity index (χ1v) is 11.7. The second-order valence-electron chi connectivity index (χ2n) is 8.85. The van der Waals surface area contributed by atoms with Gasteiger partial charge in [-0.2, -0.15) is 26.9 Å². The quantitative estimate of drug-likeness (QED) is 0.554. The molecule has 0 aliphatic carbocycles. The molecule has 2 aliphatic heterocycles. The van der Waals surface area contributed by atoms with Crippen molar-refractivity contribution in [2.45, 2.75) is 50.2 Å². The van der Waals surface area contributed by atoms with Crippen molar-refractivity contribution in [3.8, 4) is 0 Å². The number of methoxy groups -OCH3 is 1. The van der Waals surface area contributed by atoms with Crippen molar-refractivity contribution in [1.29, 1.82) is 0 Å². The Kier molecular flexibility index (Phi) is 7.86. The molecule has 196 valence electrons. The van der Waals surface area contributed by atoms with Crippen LogP contribution in [0.1, 0.15) is 42.9 Å². The van der Waals surface area contributed by atoms with Crippen molar-refractivity contribution in [2.24, 2.45) is 0 Å². The smallest absolute Gasteiger partial charge is 0.383 e. The topological polar surface area (TPSA) is 83.5 Å². The second-order valence-corrected chi connectivity index (χ2v) is 8.85. The minimum atomic E-state index is -4.61. The molecule has 36 heavy (non-hydrogen) atoms. The van der Waals surface area contributed by atoms with Crippen LogP contribution in [0, 0.1) is 0 Å². The van der Waals surface area contributed by atoms with Gasteiger partial charge in [-0.25, -0.2) is 9.97 Å². The number of nitrogens with zero attached hydrogens (tertiary/aromatic N) is 5. The van der Waals surface area contributed by atoms with Crippen molar-refractivity contribution >= 4 is 23.5 Å². The van der Waals surface area contributed by atoms with Crippen LogP contribution >= 0.6 is 0 Å². The van der Waals surface area contributed by atoms with Gasteiger partial charge in [0.1, 0.15) is 11.6 Å². The summed E-state index contributed by atoms with van der Waals surface area (Å²) in [6.45, 7) is 1.40. The fraction of sp³-hybridized carbons (Fsp3) is 0.565. The van der Waals surface area contributed by atoms with Crippen LogP contribution in [0.25, 0.3) is 0 Å². The average molecular weight is 514 g/mol. The lowest BCUT2D eigenvalue weighted by molar-refractivity contribution is -0.144. The molecule has 1 amide bonds. The van der Waals surface area contributed by atoms with Crippen LogP contribution in [-0.4, -0.2) is 71.6 Å². The van der Waals surface area contributed by atoms with E-state index in [2.05, 4.69) is 15.3 Å². The molecule has 1 atom stereocenters. The Hall–Kier alpha value is -3.09. The van der Waals surface area contributed by atoms with E-state index in [1.165, 1.54) is 12.3 Å². The third kappa shape index (κ3) is 5.82. The molecule has 4 rings (SSSR count). The Labute approximate surface area is 204 Å². The number of rotatable bonds is 7. The maximum atomic E-state index is 13.5. The number of alkyl halides is 5. The standard InChI is InChI=1S/C23H27F5N6O2/c1-36-13-15-4-3-9-34(15)22-30-17(14-6-10-33(11-7-14)21(35)19(24)25)12-18(32-22)31-20-16(23(26,27)28)5-2-8-29-20/h2,5,8,12,14-15,19H,3-4,6-7,9-11,13H2,1H3,(H,29,30,31,32). The van der Waals surface area contributed by atoms with Gasteiger partial charge < -0.3 is 19.9 Å². The molecule has 0 bridgehead atoms. The molecular formula is C23H27F5N6O2. The van der Waals surface area contributed by atoms with Gasteiger partial charge in [0.2, 0.25) is 5.95 Å². The van der Waals surface area contributed by atoms with Crippen LogP contribution in [0.2, 0.25) is 0 Å². The lowest BCUT2D eigenvalue weighted by Gasteiger charge is -2.32. The third-order valence-corrected chi connectivity index (χ3v) is 6.50. The highest BCUT2D eigenvalue weighted by Gasteiger charge is 2.35. The fourth-order valence-electron chi connectivity index (χ4n) is 4.71. The molecule has 0 radical (unpaired) electrons. The van der Waals surface area contributed by atoms with E-state index >= 15 is 0 Å². The summed E-state index contributed by atoms with van der Waals surface area (Å²) in [6.07, 6.45) is -3.88. The Bertz CT molecular complexity index is 1060. The van der Waals surface area contributed by atoms with Crippen LogP contribution < -0.4 is 10.2 Å². The third-order valence-electron chi connectivity index (χ3n) is 6.50. The number of amides is 1. The lowest BCUT2D eigenvalue weighted by Crippen LogP contribution is -2.41. The van der Waals surface area contributed by atoms with Crippen molar-refractivity contribution in [3.05, 3.63) is 35.7 Å². The number of carbonyl (C=O) groups excluding carboxylic acids is 1. The zero-order valence-electron chi connectivity index (χ0n) is 19.6. The zero-order chi connectivity index (χ0) is 25.9. The van der Waals surface area contributed by atoms with E-state index in [9.17, 15) is 26.7 Å². The summed E-state index contributed by atoms with van der Waals surface area (Å²) in [7, 11) is 1.59. The summed E-state index contributed by atoms with van der Waals surface area (Å²) in [5.74, 6) is -1.26. The van der Waals surface area contributed by atoms with E-state index in [0.717, 1.165) is 23.8 Å². The SMILES string of the molecule is COCC1CCCN1c1nc(Nc2ncccc2C(F)(F)F)cc(C2CCN(C(=O)C(F)F)CC2)n1. The largest absolute Gasteiger partial charge is 0.419 e. The first-order chi connectivity index (χ1) is 17.2. The number of nitrogens with one attached hydrogen (secondary N) is 1. The zero-order valence-corrected chi connectivity index (χ0v) is 19.6. The van der Waals surface area contributed by atoms with Gasteiger partial charge in [-0.15, -0.1) is 0 Å². The molecule has 2 fully saturated rings. The summed E-state index contributed by atoms with van der Waals surface area (Å²) in [5.41, 5.74) is -0.358. The second kappa shape index (κ2) is 10.9. The van der Waals surface area contributed by atoms with Crippen molar-refractivity contribution < 1.29 is 31.5 Å². The lowest BCUT2D eigenvalue weighted by atomic mass is 9.93. The monoisotopic (exact) mass is 514 g/mol. The van der Waals surface area contributed by atoms with E-state index in [1.807, 2.05) is 4.90 Å². The van der Waals surface area contributed by atoms with Crippen LogP contribution in [0.3, 0.4) is 0 Å². The number of pyridine rings is 1. The molecule has 0 saturated carbocycles. The molecule has 8 nitrogen and oxygen atoms in total. The number of piperidine rings is 1. The highest BCUT2D eigenvalue weighted by molar-refractivity contribution is 5.79. The van der Waals surface area contributed by atoms with E-state index in [1.54, 1.807) is 13.2 Å². The molecule has 1 unspecified atom stereocenters. The Morgan fingerprint density at radius 1 is 1.19 bits per heavy atom. The fourth-order valence-corrected chi connectivity index (χ4v) is 4.71. The van der Waals surface area contributed by atoms with Gasteiger partial charge in [-0.05, 0) is 37.8 Å². The van der Waals surface area contributed by atoms with E-state index in [-0.39, 0.29) is 36.7 Å². The first-order valence-electron chi connectivity index (χ1n) is 11.7. The summed E-state index contributed by atoms with van der Waals surface area (Å²) >= 11 is 0. The number of hydrogen-bond acceptors (Lipinski definition) is 7. The molecule has 2 aromatic rings. The number of likely N-dealkylation sites (tertiary alicyclic amines) is 1. The number of anilines is 3. The number of carbonyl (C=O) groups is 1. The minimum absolute atomic E-state index is 0.0178. The van der Waals surface area contributed by atoms with Crippen molar-refractivity contribution in [2.75, 3.05) is 43.6 Å². The van der Waals surface area contributed by atoms with E-state index in [0.29, 0.717) is 37.6 Å². The van der Waals surface area contributed by atoms with E-state index < -0.39 is 24.1 Å². The van der Waals surface area contributed by atoms with Crippen LogP contribution in [0.15, 0.2) is 24.4 Å². The van der Waals surface area contributed by atoms with Gasteiger partial charge in [0.15, 0.2) is 0 Å². The Morgan fingerprint density at radius 3 is 2.61 bits per heavy atom. The molecule has 1 N–H and O–H groups in total. The number of ether oxygens (including phenoxy) is 1. The molecule has 4 heterocycles. The van der Waals surface area contributed by atoms with Gasteiger partial charge in [0.05, 0.1) is 23.9 Å². The summed E-state index contributed by atoms with van der Waals surface area (Å²) < 4.78 is 71.5. The maximum Gasteiger partial charge on any atom is 0.419 e. The maximum absolute atomic E-state index is 13.5. The van der Waals surface area contributed by atoms with Gasteiger partial charge in [-0.3, -0.25) is 4.79 Å².